The van der Waals surface area contributed by atoms with E-state index >= 15 is 0 Å². The number of hydrogen-bond donors (Lipinski definition) is 2. The number of aromatic nitrogens is 1. The number of pyridine rings is 1. The van der Waals surface area contributed by atoms with Crippen LogP contribution in [0.2, 0.25) is 0 Å². The van der Waals surface area contributed by atoms with Crippen molar-refractivity contribution in [1.82, 2.24) is 4.57 Å². The molecule has 0 unspecified atom stereocenters. The maximum atomic E-state index is 12.3. The summed E-state index contributed by atoms with van der Waals surface area (Å²) in [6.07, 6.45) is 3.29. The zero-order valence-electron chi connectivity index (χ0n) is 14.3. The van der Waals surface area contributed by atoms with Crippen LogP contribution in [0.5, 0.6) is 5.75 Å². The monoisotopic (exact) mass is 367 g/mol. The molecule has 0 amide bonds. The highest BCUT2D eigenvalue weighted by Gasteiger charge is 2.16. The number of thiophene rings is 1. The summed E-state index contributed by atoms with van der Waals surface area (Å²) in [7, 11) is 0. The molecule has 2 aromatic heterocycles. The van der Waals surface area contributed by atoms with Crippen molar-refractivity contribution in [3.05, 3.63) is 79.9 Å². The van der Waals surface area contributed by atoms with Crippen molar-refractivity contribution < 1.29 is 15.0 Å². The first kappa shape index (κ1) is 17.7. The molecule has 0 fully saturated rings. The van der Waals surface area contributed by atoms with Gasteiger partial charge in [-0.2, -0.15) is 0 Å². The minimum atomic E-state index is -1.27. The van der Waals surface area contributed by atoms with Crippen LogP contribution in [0.15, 0.2) is 52.8 Å². The topological polar surface area (TPSA) is 79.5 Å². The zero-order chi connectivity index (χ0) is 18.8. The standard InChI is InChI=1S/C20H17NO4S/c1-12-8-14(22)5-6-17(12)21-11-16(20(24)25)19(23)10-18(21)13(2)9-15-4-3-7-26-15/h3-11,22H,1-2H3,(H,24,25)/b13-9+. The average Bonchev–Trinajstić information content (AvgIpc) is 3.07. The van der Waals surface area contributed by atoms with Gasteiger partial charge in [-0.15, -0.1) is 11.3 Å². The fourth-order valence-corrected chi connectivity index (χ4v) is 3.48. The van der Waals surface area contributed by atoms with Crippen LogP contribution in [0, 0.1) is 6.92 Å². The Labute approximate surface area is 154 Å². The second-order valence-corrected chi connectivity index (χ2v) is 6.90. The minimum Gasteiger partial charge on any atom is -0.508 e. The van der Waals surface area contributed by atoms with E-state index in [1.807, 2.05) is 37.4 Å². The molecule has 0 spiro atoms. The number of nitrogens with zero attached hydrogens (tertiary/aromatic N) is 1. The lowest BCUT2D eigenvalue weighted by Crippen LogP contribution is -2.19. The number of aromatic carboxylic acids is 1. The van der Waals surface area contributed by atoms with Crippen molar-refractivity contribution in [2.24, 2.45) is 0 Å². The number of rotatable bonds is 4. The third kappa shape index (κ3) is 3.45. The Balaban J connectivity index is 2.28. The van der Waals surface area contributed by atoms with E-state index in [-0.39, 0.29) is 11.3 Å². The van der Waals surface area contributed by atoms with Crippen molar-refractivity contribution in [2.75, 3.05) is 0 Å². The lowest BCUT2D eigenvalue weighted by Gasteiger charge is -2.17. The highest BCUT2D eigenvalue weighted by molar-refractivity contribution is 7.10. The fourth-order valence-electron chi connectivity index (χ4n) is 2.77. The molecule has 3 rings (SSSR count). The minimum absolute atomic E-state index is 0.123. The van der Waals surface area contributed by atoms with Gasteiger partial charge < -0.3 is 14.8 Å². The molecule has 26 heavy (non-hydrogen) atoms. The normalized spacial score (nSPS) is 11.5. The van der Waals surface area contributed by atoms with Crippen molar-refractivity contribution in [3.8, 4) is 11.4 Å². The number of hydrogen-bond acceptors (Lipinski definition) is 4. The number of benzene rings is 1. The molecule has 5 nitrogen and oxygen atoms in total. The van der Waals surface area contributed by atoms with Gasteiger partial charge in [0, 0.05) is 22.8 Å². The lowest BCUT2D eigenvalue weighted by atomic mass is 10.1. The summed E-state index contributed by atoms with van der Waals surface area (Å²) in [6.45, 7) is 3.69. The van der Waals surface area contributed by atoms with Gasteiger partial charge in [-0.25, -0.2) is 4.79 Å². The molecule has 2 N–H and O–H groups in total. The van der Waals surface area contributed by atoms with E-state index in [4.69, 9.17) is 0 Å². The fraction of sp³-hybridized carbons (Fsp3) is 0.100. The van der Waals surface area contributed by atoms with E-state index in [2.05, 4.69) is 0 Å². The van der Waals surface area contributed by atoms with Gasteiger partial charge >= 0.3 is 5.97 Å². The first-order valence-corrected chi connectivity index (χ1v) is 8.77. The van der Waals surface area contributed by atoms with Crippen molar-refractivity contribution >= 4 is 29.0 Å². The van der Waals surface area contributed by atoms with E-state index in [9.17, 15) is 19.8 Å². The number of carboxylic acids is 1. The highest BCUT2D eigenvalue weighted by atomic mass is 32.1. The summed E-state index contributed by atoms with van der Waals surface area (Å²) in [5.74, 6) is -1.15. The van der Waals surface area contributed by atoms with Gasteiger partial charge in [0.05, 0.1) is 5.69 Å². The molecule has 1 aromatic carbocycles. The highest BCUT2D eigenvalue weighted by Crippen LogP contribution is 2.26. The average molecular weight is 367 g/mol. The van der Waals surface area contributed by atoms with E-state index < -0.39 is 11.4 Å². The van der Waals surface area contributed by atoms with Crippen LogP contribution in [0.3, 0.4) is 0 Å². The second-order valence-electron chi connectivity index (χ2n) is 5.93. The number of aromatic hydroxyl groups is 1. The number of phenolic OH excluding ortho intramolecular Hbond substituents is 1. The third-order valence-corrected chi connectivity index (χ3v) is 4.85. The molecule has 3 aromatic rings. The maximum absolute atomic E-state index is 12.3. The Hall–Kier alpha value is -3.12. The second kappa shape index (κ2) is 7.01. The van der Waals surface area contributed by atoms with Crippen LogP contribution < -0.4 is 5.43 Å². The van der Waals surface area contributed by atoms with Crippen molar-refractivity contribution in [2.45, 2.75) is 13.8 Å². The summed E-state index contributed by atoms with van der Waals surface area (Å²) in [6, 6.07) is 10.1. The summed E-state index contributed by atoms with van der Waals surface area (Å²) >= 11 is 1.57. The Morgan fingerprint density at radius 3 is 2.62 bits per heavy atom. The maximum Gasteiger partial charge on any atom is 0.341 e. The molecule has 0 aliphatic heterocycles. The Kier molecular flexibility index (Phi) is 4.77. The number of allylic oxidation sites excluding steroid dienone is 1. The molecule has 0 atom stereocenters. The van der Waals surface area contributed by atoms with E-state index in [1.54, 1.807) is 28.0 Å². The van der Waals surface area contributed by atoms with Crippen LogP contribution in [-0.4, -0.2) is 20.7 Å². The molecular formula is C20H17NO4S. The molecule has 0 radical (unpaired) electrons. The Bertz CT molecular complexity index is 1060. The molecule has 132 valence electrons. The van der Waals surface area contributed by atoms with Crippen LogP contribution >= 0.6 is 11.3 Å². The Morgan fingerprint density at radius 1 is 1.23 bits per heavy atom. The predicted octanol–water partition coefficient (Wildman–Crippen LogP) is 4.17. The molecular weight excluding hydrogens is 350 g/mol. The van der Waals surface area contributed by atoms with Crippen molar-refractivity contribution in [3.63, 3.8) is 0 Å². The quantitative estimate of drug-likeness (QED) is 0.725. The van der Waals surface area contributed by atoms with Crippen LogP contribution in [0.4, 0.5) is 0 Å². The van der Waals surface area contributed by atoms with Gasteiger partial charge in [-0.1, -0.05) is 6.07 Å². The first-order valence-electron chi connectivity index (χ1n) is 7.89. The largest absolute Gasteiger partial charge is 0.508 e. The number of carbonyl (C=O) groups is 1. The van der Waals surface area contributed by atoms with Gasteiger partial charge in [-0.3, -0.25) is 4.79 Å². The van der Waals surface area contributed by atoms with Gasteiger partial charge in [-0.05, 0) is 60.7 Å². The van der Waals surface area contributed by atoms with E-state index in [1.165, 1.54) is 18.3 Å². The molecule has 6 heteroatoms. The van der Waals surface area contributed by atoms with Crippen LogP contribution in [0.1, 0.15) is 33.4 Å². The van der Waals surface area contributed by atoms with Crippen LogP contribution in [0.25, 0.3) is 17.3 Å². The van der Waals surface area contributed by atoms with Gasteiger partial charge in [0.1, 0.15) is 11.3 Å². The lowest BCUT2D eigenvalue weighted by molar-refractivity contribution is 0.0694. The molecule has 0 aliphatic carbocycles. The number of phenols is 1. The molecule has 0 bridgehead atoms. The SMILES string of the molecule is C/C(=C\c1cccs1)c1cc(=O)c(C(=O)O)cn1-c1ccc(O)cc1C. The molecule has 0 saturated carbocycles. The smallest absolute Gasteiger partial charge is 0.341 e. The van der Waals surface area contributed by atoms with Gasteiger partial charge in [0.15, 0.2) is 5.43 Å². The molecule has 2 heterocycles. The predicted molar refractivity (Wildman–Crippen MR) is 103 cm³/mol. The molecule has 0 saturated heterocycles. The number of aryl methyl sites for hydroxylation is 1. The van der Waals surface area contributed by atoms with Crippen molar-refractivity contribution in [1.29, 1.82) is 0 Å². The third-order valence-electron chi connectivity index (χ3n) is 4.03. The van der Waals surface area contributed by atoms with E-state index in [0.29, 0.717) is 11.4 Å². The zero-order valence-corrected chi connectivity index (χ0v) is 15.1. The van der Waals surface area contributed by atoms with Crippen LogP contribution in [-0.2, 0) is 0 Å². The van der Waals surface area contributed by atoms with Gasteiger partial charge in [0.2, 0.25) is 0 Å². The summed E-state index contributed by atoms with van der Waals surface area (Å²) in [4.78, 5) is 24.7. The number of carboxylic acid groups (broad SMARTS) is 1. The summed E-state index contributed by atoms with van der Waals surface area (Å²) in [5.41, 5.74) is 2.04. The van der Waals surface area contributed by atoms with E-state index in [0.717, 1.165) is 16.0 Å². The molecule has 0 aliphatic rings. The first-order chi connectivity index (χ1) is 12.4. The van der Waals surface area contributed by atoms with Gasteiger partial charge in [0.25, 0.3) is 0 Å². The Morgan fingerprint density at radius 2 is 2.00 bits per heavy atom. The summed E-state index contributed by atoms with van der Waals surface area (Å²) < 4.78 is 1.68. The summed E-state index contributed by atoms with van der Waals surface area (Å²) in [5, 5.41) is 20.9.